The van der Waals surface area contributed by atoms with Crippen LogP contribution in [0.15, 0.2) is 72.9 Å². The van der Waals surface area contributed by atoms with E-state index in [9.17, 15) is 9.90 Å². The number of aromatic nitrogens is 1. The molecule has 2 fully saturated rings. The predicted molar refractivity (Wildman–Crippen MR) is 136 cm³/mol. The second-order valence-electron chi connectivity index (χ2n) is 8.96. The number of nitrogens with one attached hydrogen (secondary N) is 1. The number of aliphatic hydroxyl groups is 1. The molecular weight excluding hydrogens is 442 g/mol. The van der Waals surface area contributed by atoms with Crippen LogP contribution in [-0.4, -0.2) is 84.3 Å². The quantitative estimate of drug-likeness (QED) is 0.570. The number of amides is 1. The molecule has 2 N–H and O–H groups in total. The zero-order valence-electron chi connectivity index (χ0n) is 19.9. The molecule has 3 aromatic rings. The van der Waals surface area contributed by atoms with Crippen LogP contribution in [0, 0.1) is 0 Å². The number of para-hydroxylation sites is 1. The van der Waals surface area contributed by atoms with Gasteiger partial charge in [0.05, 0.1) is 24.8 Å². The Hall–Kier alpha value is -3.62. The molecule has 8 heteroatoms. The van der Waals surface area contributed by atoms with Crippen molar-refractivity contribution in [3.05, 3.63) is 78.5 Å². The van der Waals surface area contributed by atoms with Gasteiger partial charge >= 0.3 is 0 Å². The molecule has 0 aliphatic carbocycles. The summed E-state index contributed by atoms with van der Waals surface area (Å²) in [5, 5.41) is 14.1. The molecular formula is C27H31N5O3. The van der Waals surface area contributed by atoms with Gasteiger partial charge in [0.1, 0.15) is 11.6 Å². The maximum atomic E-state index is 13.5. The van der Waals surface area contributed by atoms with Gasteiger partial charge in [-0.25, -0.2) is 4.98 Å². The van der Waals surface area contributed by atoms with Gasteiger partial charge in [-0.1, -0.05) is 18.2 Å². The molecule has 182 valence electrons. The molecule has 0 saturated carbocycles. The van der Waals surface area contributed by atoms with Crippen LogP contribution >= 0.6 is 0 Å². The number of hydrogen-bond donors (Lipinski definition) is 2. The molecule has 0 bridgehead atoms. The Morgan fingerprint density at radius 2 is 1.71 bits per heavy atom. The van der Waals surface area contributed by atoms with Crippen LogP contribution in [0.2, 0.25) is 0 Å². The second-order valence-corrected chi connectivity index (χ2v) is 8.96. The van der Waals surface area contributed by atoms with Crippen LogP contribution in [0.4, 0.5) is 17.2 Å². The Morgan fingerprint density at radius 3 is 2.43 bits per heavy atom. The van der Waals surface area contributed by atoms with Crippen LogP contribution < -0.4 is 15.0 Å². The standard InChI is InChI=1S/C27H31N5O3/c1-35-22-11-9-20(10-12-22)29-26-23(8-5-13-28-26)27(34)32-18-24(25(33)19-32)31-16-14-30(15-17-31)21-6-3-2-4-7-21/h2-13,24-25,33H,14-19H2,1H3,(H,28,29)/t24-,25-/m0/s1. The molecule has 0 unspecified atom stereocenters. The van der Waals surface area contributed by atoms with E-state index in [-0.39, 0.29) is 11.9 Å². The molecule has 2 aliphatic rings. The number of carbonyl (C=O) groups excluding carboxylic acids is 1. The molecule has 2 atom stereocenters. The Labute approximate surface area is 205 Å². The average molecular weight is 474 g/mol. The maximum Gasteiger partial charge on any atom is 0.257 e. The van der Waals surface area contributed by atoms with Gasteiger partial charge in [0.25, 0.3) is 5.91 Å². The number of piperazine rings is 1. The van der Waals surface area contributed by atoms with Crippen molar-refractivity contribution in [2.75, 3.05) is 56.6 Å². The fraction of sp³-hybridized carbons (Fsp3) is 0.333. The first-order chi connectivity index (χ1) is 17.1. The first-order valence-corrected chi connectivity index (χ1v) is 12.0. The van der Waals surface area contributed by atoms with Crippen molar-refractivity contribution in [1.82, 2.24) is 14.8 Å². The summed E-state index contributed by atoms with van der Waals surface area (Å²) in [6.07, 6.45) is 1.09. The minimum Gasteiger partial charge on any atom is -0.497 e. The summed E-state index contributed by atoms with van der Waals surface area (Å²) >= 11 is 0. The van der Waals surface area contributed by atoms with E-state index < -0.39 is 6.10 Å². The number of anilines is 3. The van der Waals surface area contributed by atoms with Gasteiger partial charge in [-0.2, -0.15) is 0 Å². The molecule has 5 rings (SSSR count). The van der Waals surface area contributed by atoms with Gasteiger partial charge in [-0.3, -0.25) is 9.69 Å². The fourth-order valence-electron chi connectivity index (χ4n) is 4.90. The van der Waals surface area contributed by atoms with Crippen molar-refractivity contribution in [2.24, 2.45) is 0 Å². The van der Waals surface area contributed by atoms with E-state index in [2.05, 4.69) is 44.4 Å². The Kier molecular flexibility index (Phi) is 6.83. The number of carbonyl (C=O) groups is 1. The lowest BCUT2D eigenvalue weighted by Gasteiger charge is -2.39. The summed E-state index contributed by atoms with van der Waals surface area (Å²) in [4.78, 5) is 24.3. The van der Waals surface area contributed by atoms with E-state index in [1.807, 2.05) is 30.3 Å². The fourth-order valence-corrected chi connectivity index (χ4v) is 4.90. The average Bonchev–Trinajstić information content (AvgIpc) is 3.31. The summed E-state index contributed by atoms with van der Waals surface area (Å²) in [6.45, 7) is 4.34. The van der Waals surface area contributed by atoms with Crippen molar-refractivity contribution >= 4 is 23.1 Å². The maximum absolute atomic E-state index is 13.5. The summed E-state index contributed by atoms with van der Waals surface area (Å²) < 4.78 is 5.21. The highest BCUT2D eigenvalue weighted by Gasteiger charge is 2.39. The third-order valence-electron chi connectivity index (χ3n) is 6.84. The molecule has 1 amide bonds. The highest BCUT2D eigenvalue weighted by atomic mass is 16.5. The topological polar surface area (TPSA) is 81.2 Å². The lowest BCUT2D eigenvalue weighted by molar-refractivity contribution is 0.0755. The van der Waals surface area contributed by atoms with Crippen molar-refractivity contribution in [1.29, 1.82) is 0 Å². The lowest BCUT2D eigenvalue weighted by Crippen LogP contribution is -2.53. The van der Waals surface area contributed by atoms with Crippen LogP contribution in [0.25, 0.3) is 0 Å². The molecule has 1 aromatic heterocycles. The number of β-amino-alcohol motifs (C(OH)–C–C–N with tert-alkyl or cyclic N) is 1. The number of likely N-dealkylation sites (tertiary alicyclic amines) is 1. The third kappa shape index (κ3) is 5.08. The predicted octanol–water partition coefficient (Wildman–Crippen LogP) is 2.84. The van der Waals surface area contributed by atoms with Gasteiger partial charge < -0.3 is 25.0 Å². The number of rotatable bonds is 6. The summed E-state index contributed by atoms with van der Waals surface area (Å²) in [5.74, 6) is 1.13. The number of methoxy groups -OCH3 is 1. The highest BCUT2D eigenvalue weighted by molar-refractivity contribution is 5.99. The second kappa shape index (κ2) is 10.3. The van der Waals surface area contributed by atoms with E-state index in [4.69, 9.17) is 4.74 Å². The van der Waals surface area contributed by atoms with E-state index in [0.717, 1.165) is 37.6 Å². The normalized spacial score (nSPS) is 20.6. The molecule has 2 aliphatic heterocycles. The summed E-state index contributed by atoms with van der Waals surface area (Å²) in [5.41, 5.74) is 2.53. The van der Waals surface area contributed by atoms with Crippen molar-refractivity contribution in [2.45, 2.75) is 12.1 Å². The summed E-state index contributed by atoms with van der Waals surface area (Å²) in [7, 11) is 1.62. The van der Waals surface area contributed by atoms with Crippen LogP contribution in [0.5, 0.6) is 5.75 Å². The Balaban J connectivity index is 1.23. The smallest absolute Gasteiger partial charge is 0.257 e. The van der Waals surface area contributed by atoms with Gasteiger partial charge in [-0.15, -0.1) is 0 Å². The number of nitrogens with zero attached hydrogens (tertiary/aromatic N) is 4. The SMILES string of the molecule is COc1ccc(Nc2ncccc2C(=O)N2C[C@H](O)[C@@H](N3CCN(c4ccccc4)CC3)C2)cc1. The number of hydrogen-bond acceptors (Lipinski definition) is 7. The molecule has 3 heterocycles. The Bertz CT molecular complexity index is 1130. The highest BCUT2D eigenvalue weighted by Crippen LogP contribution is 2.26. The van der Waals surface area contributed by atoms with E-state index in [1.54, 1.807) is 30.3 Å². The molecule has 2 aromatic carbocycles. The van der Waals surface area contributed by atoms with Crippen molar-refractivity contribution in [3.8, 4) is 5.75 Å². The van der Waals surface area contributed by atoms with Gasteiger partial charge in [0.2, 0.25) is 0 Å². The first kappa shape index (κ1) is 23.1. The van der Waals surface area contributed by atoms with Crippen molar-refractivity contribution in [3.63, 3.8) is 0 Å². The molecule has 0 spiro atoms. The Morgan fingerprint density at radius 1 is 0.971 bits per heavy atom. The number of pyridine rings is 1. The zero-order chi connectivity index (χ0) is 24.2. The molecule has 0 radical (unpaired) electrons. The minimum absolute atomic E-state index is 0.0634. The number of benzene rings is 2. The number of ether oxygens (including phenoxy) is 1. The van der Waals surface area contributed by atoms with Crippen LogP contribution in [-0.2, 0) is 0 Å². The first-order valence-electron chi connectivity index (χ1n) is 12.0. The largest absolute Gasteiger partial charge is 0.497 e. The summed E-state index contributed by atoms with van der Waals surface area (Å²) in [6, 6.07) is 21.4. The monoisotopic (exact) mass is 473 g/mol. The third-order valence-corrected chi connectivity index (χ3v) is 6.84. The van der Waals surface area contributed by atoms with Gasteiger partial charge in [0.15, 0.2) is 0 Å². The lowest BCUT2D eigenvalue weighted by atomic mass is 10.1. The number of aliphatic hydroxyl groups excluding tert-OH is 1. The molecule has 2 saturated heterocycles. The molecule has 8 nitrogen and oxygen atoms in total. The molecule has 35 heavy (non-hydrogen) atoms. The van der Waals surface area contributed by atoms with E-state index >= 15 is 0 Å². The zero-order valence-corrected chi connectivity index (χ0v) is 19.9. The van der Waals surface area contributed by atoms with Gasteiger partial charge in [-0.05, 0) is 48.5 Å². The van der Waals surface area contributed by atoms with E-state index in [0.29, 0.717) is 24.5 Å². The van der Waals surface area contributed by atoms with Gasteiger partial charge in [0, 0.05) is 56.8 Å². The van der Waals surface area contributed by atoms with Crippen LogP contribution in [0.1, 0.15) is 10.4 Å². The van der Waals surface area contributed by atoms with Crippen molar-refractivity contribution < 1.29 is 14.6 Å². The van der Waals surface area contributed by atoms with E-state index in [1.165, 1.54) is 5.69 Å². The van der Waals surface area contributed by atoms with Crippen LogP contribution in [0.3, 0.4) is 0 Å². The minimum atomic E-state index is -0.572.